The van der Waals surface area contributed by atoms with E-state index in [4.69, 9.17) is 5.11 Å². The van der Waals surface area contributed by atoms with E-state index in [1.807, 2.05) is 42.7 Å². The van der Waals surface area contributed by atoms with Gasteiger partial charge < -0.3 is 10.1 Å². The highest BCUT2D eigenvalue weighted by Crippen LogP contribution is 2.26. The molecule has 0 unspecified atom stereocenters. The molecule has 0 saturated heterocycles. The average Bonchev–Trinajstić information content (AvgIpc) is 2.92. The van der Waals surface area contributed by atoms with Gasteiger partial charge in [-0.2, -0.15) is 0 Å². The summed E-state index contributed by atoms with van der Waals surface area (Å²) in [5, 5.41) is 7.00. The van der Waals surface area contributed by atoms with Crippen LogP contribution in [0.15, 0.2) is 52.5 Å². The Morgan fingerprint density at radius 1 is 1.18 bits per heavy atom. The normalized spacial score (nSPS) is 10.1. The molecule has 0 radical (unpaired) electrons. The number of aliphatic hydroxyl groups is 1. The molecule has 0 saturated carbocycles. The summed E-state index contributed by atoms with van der Waals surface area (Å²) in [6, 6.07) is 12.1. The van der Waals surface area contributed by atoms with E-state index >= 15 is 0 Å². The van der Waals surface area contributed by atoms with Crippen molar-refractivity contribution in [3.05, 3.63) is 48.3 Å². The summed E-state index contributed by atoms with van der Waals surface area (Å²) >= 11 is 1.71. The number of aliphatic imine (C=N–C) groups is 1. The highest BCUT2D eigenvalue weighted by atomic mass is 32.2. The molecule has 2 N–H and O–H groups in total. The third-order valence-electron chi connectivity index (χ3n) is 2.05. The zero-order valence-corrected chi connectivity index (χ0v) is 10.7. The van der Waals surface area contributed by atoms with E-state index in [1.54, 1.807) is 11.8 Å². The summed E-state index contributed by atoms with van der Waals surface area (Å²) in [4.78, 5) is 8.73. The molecule has 1 aromatic carbocycles. The molecule has 3 nitrogen and oxygen atoms in total. The van der Waals surface area contributed by atoms with E-state index in [-0.39, 0.29) is 0 Å². The monoisotopic (exact) mass is 248 g/mol. The standard InChI is InChI=1S/C12H12N2S.CH4O/c1-15-12-7-3-2-6-11(12)14-9-10-5-4-8-13-10;1-2/h2-9,13H,1H3;2H,1H3. The quantitative estimate of drug-likeness (QED) is 0.647. The predicted molar refractivity (Wildman–Crippen MR) is 74.4 cm³/mol. The maximum absolute atomic E-state index is 7.00. The molecule has 0 aliphatic heterocycles. The number of H-pyrrole nitrogens is 1. The van der Waals surface area contributed by atoms with Gasteiger partial charge in [0.15, 0.2) is 0 Å². The number of aromatic nitrogens is 1. The molecule has 90 valence electrons. The molecule has 0 amide bonds. The molecule has 4 heteroatoms. The third kappa shape index (κ3) is 4.09. The molecular formula is C13H16N2OS. The van der Waals surface area contributed by atoms with Gasteiger partial charge in [0.25, 0.3) is 0 Å². The van der Waals surface area contributed by atoms with Crippen molar-refractivity contribution in [2.75, 3.05) is 13.4 Å². The third-order valence-corrected chi connectivity index (χ3v) is 2.83. The first-order valence-electron chi connectivity index (χ1n) is 5.15. The van der Waals surface area contributed by atoms with Crippen LogP contribution in [0.1, 0.15) is 5.69 Å². The van der Waals surface area contributed by atoms with Crippen LogP contribution in [-0.4, -0.2) is 29.7 Å². The van der Waals surface area contributed by atoms with Gasteiger partial charge in [-0.15, -0.1) is 11.8 Å². The largest absolute Gasteiger partial charge is 0.400 e. The molecule has 1 heterocycles. The fraction of sp³-hybridized carbons (Fsp3) is 0.154. The first-order chi connectivity index (χ1) is 8.40. The Kier molecular flexibility index (Phi) is 6.14. The van der Waals surface area contributed by atoms with Crippen LogP contribution in [0.4, 0.5) is 5.69 Å². The average molecular weight is 248 g/mol. The fourth-order valence-electron chi connectivity index (χ4n) is 1.30. The highest BCUT2D eigenvalue weighted by molar-refractivity contribution is 7.98. The van der Waals surface area contributed by atoms with Crippen LogP contribution < -0.4 is 0 Å². The van der Waals surface area contributed by atoms with Gasteiger partial charge >= 0.3 is 0 Å². The smallest absolute Gasteiger partial charge is 0.0766 e. The Morgan fingerprint density at radius 3 is 2.59 bits per heavy atom. The number of thioether (sulfide) groups is 1. The lowest BCUT2D eigenvalue weighted by Gasteiger charge is -1.99. The van der Waals surface area contributed by atoms with Crippen LogP contribution in [0, 0.1) is 0 Å². The van der Waals surface area contributed by atoms with Crippen molar-refractivity contribution in [2.24, 2.45) is 4.99 Å². The van der Waals surface area contributed by atoms with Gasteiger partial charge in [-0.05, 0) is 30.5 Å². The summed E-state index contributed by atoms with van der Waals surface area (Å²) in [5.41, 5.74) is 2.03. The molecule has 2 aromatic rings. The Bertz CT molecular complexity index is 452. The summed E-state index contributed by atoms with van der Waals surface area (Å²) in [5.74, 6) is 0. The zero-order chi connectivity index (χ0) is 12.5. The van der Waals surface area contributed by atoms with Gasteiger partial charge in [0.1, 0.15) is 0 Å². The van der Waals surface area contributed by atoms with Gasteiger partial charge in [0, 0.05) is 18.2 Å². The Hall–Kier alpha value is -1.52. The van der Waals surface area contributed by atoms with Gasteiger partial charge in [-0.1, -0.05) is 12.1 Å². The molecule has 0 atom stereocenters. The summed E-state index contributed by atoms with van der Waals surface area (Å²) in [6.07, 6.45) is 5.79. The first kappa shape index (κ1) is 13.5. The van der Waals surface area contributed by atoms with Crippen LogP contribution in [-0.2, 0) is 0 Å². The van der Waals surface area contributed by atoms with Crippen molar-refractivity contribution in [3.8, 4) is 0 Å². The Morgan fingerprint density at radius 2 is 1.94 bits per heavy atom. The van der Waals surface area contributed by atoms with Crippen molar-refractivity contribution in [3.63, 3.8) is 0 Å². The minimum atomic E-state index is 1.00. The van der Waals surface area contributed by atoms with Crippen molar-refractivity contribution in [1.82, 2.24) is 4.98 Å². The number of aromatic amines is 1. The molecule has 0 fully saturated rings. The number of nitrogens with zero attached hydrogens (tertiary/aromatic N) is 1. The van der Waals surface area contributed by atoms with Gasteiger partial charge in [0.05, 0.1) is 17.6 Å². The number of benzene rings is 1. The lowest BCUT2D eigenvalue weighted by Crippen LogP contribution is -1.79. The molecule has 0 bridgehead atoms. The first-order valence-corrected chi connectivity index (χ1v) is 6.38. The summed E-state index contributed by atoms with van der Waals surface area (Å²) in [6.45, 7) is 0. The van der Waals surface area contributed by atoms with Crippen LogP contribution in [0.25, 0.3) is 0 Å². The van der Waals surface area contributed by atoms with Crippen molar-refractivity contribution in [2.45, 2.75) is 4.90 Å². The summed E-state index contributed by atoms with van der Waals surface area (Å²) in [7, 11) is 1.00. The number of hydrogen-bond donors (Lipinski definition) is 2. The van der Waals surface area contributed by atoms with E-state index in [9.17, 15) is 0 Å². The molecule has 2 rings (SSSR count). The van der Waals surface area contributed by atoms with Gasteiger partial charge in [-0.25, -0.2) is 0 Å². The highest BCUT2D eigenvalue weighted by Gasteiger charge is 1.96. The topological polar surface area (TPSA) is 48.4 Å². The maximum Gasteiger partial charge on any atom is 0.0766 e. The molecule has 0 spiro atoms. The molecule has 1 aromatic heterocycles. The molecule has 0 aliphatic rings. The van der Waals surface area contributed by atoms with Crippen LogP contribution in [0.5, 0.6) is 0 Å². The van der Waals surface area contributed by atoms with Gasteiger partial charge in [-0.3, -0.25) is 4.99 Å². The number of rotatable bonds is 3. The summed E-state index contributed by atoms with van der Waals surface area (Å²) < 4.78 is 0. The van der Waals surface area contributed by atoms with Crippen LogP contribution in [0.2, 0.25) is 0 Å². The van der Waals surface area contributed by atoms with Crippen molar-refractivity contribution in [1.29, 1.82) is 0 Å². The second-order valence-corrected chi connectivity index (χ2v) is 3.90. The van der Waals surface area contributed by atoms with E-state index in [0.717, 1.165) is 18.5 Å². The maximum atomic E-state index is 7.00. The van der Waals surface area contributed by atoms with E-state index in [0.29, 0.717) is 0 Å². The lowest BCUT2D eigenvalue weighted by atomic mass is 10.3. The number of aliphatic hydroxyl groups excluding tert-OH is 1. The Balaban J connectivity index is 0.000000686. The predicted octanol–water partition coefficient (Wildman–Crippen LogP) is 3.10. The molecular weight excluding hydrogens is 232 g/mol. The number of hydrogen-bond acceptors (Lipinski definition) is 3. The van der Waals surface area contributed by atoms with E-state index in [2.05, 4.69) is 22.3 Å². The second-order valence-electron chi connectivity index (χ2n) is 3.06. The zero-order valence-electron chi connectivity index (χ0n) is 9.92. The fourth-order valence-corrected chi connectivity index (χ4v) is 1.84. The number of nitrogens with one attached hydrogen (secondary N) is 1. The second kappa shape index (κ2) is 7.70. The number of para-hydroxylation sites is 1. The Labute approximate surface area is 106 Å². The van der Waals surface area contributed by atoms with Crippen LogP contribution >= 0.6 is 11.8 Å². The molecule has 17 heavy (non-hydrogen) atoms. The van der Waals surface area contributed by atoms with E-state index < -0.39 is 0 Å². The lowest BCUT2D eigenvalue weighted by molar-refractivity contribution is 0.399. The van der Waals surface area contributed by atoms with E-state index in [1.165, 1.54) is 4.90 Å². The SMILES string of the molecule is CO.CSc1ccccc1N=Cc1ccc[nH]1. The van der Waals surface area contributed by atoms with Crippen LogP contribution in [0.3, 0.4) is 0 Å². The molecule has 0 aliphatic carbocycles. The van der Waals surface area contributed by atoms with Crippen molar-refractivity contribution >= 4 is 23.7 Å². The van der Waals surface area contributed by atoms with Gasteiger partial charge in [0.2, 0.25) is 0 Å². The van der Waals surface area contributed by atoms with Crippen molar-refractivity contribution < 1.29 is 5.11 Å². The minimum absolute atomic E-state index is 1.00. The minimum Gasteiger partial charge on any atom is -0.400 e.